The summed E-state index contributed by atoms with van der Waals surface area (Å²) in [7, 11) is 0. The van der Waals surface area contributed by atoms with E-state index in [9.17, 15) is 0 Å². The second-order valence-electron chi connectivity index (χ2n) is 4.53. The lowest BCUT2D eigenvalue weighted by Gasteiger charge is -2.21. The summed E-state index contributed by atoms with van der Waals surface area (Å²) >= 11 is 11.6. The number of benzene rings is 1. The molecule has 1 rings (SSSR count). The number of halogens is 2. The molecule has 1 aromatic rings. The van der Waals surface area contributed by atoms with Crippen molar-refractivity contribution in [3.05, 3.63) is 34.9 Å². The summed E-state index contributed by atoms with van der Waals surface area (Å²) in [5, 5.41) is 4.16. The van der Waals surface area contributed by atoms with Crippen molar-refractivity contribution in [3.8, 4) is 0 Å². The van der Waals surface area contributed by atoms with Gasteiger partial charge in [0.15, 0.2) is 0 Å². The van der Waals surface area contributed by atoms with Crippen molar-refractivity contribution in [2.45, 2.75) is 20.4 Å². The maximum Gasteiger partial charge on any atom is 0.0406 e. The zero-order chi connectivity index (χ0) is 11.3. The predicted molar refractivity (Wildman–Crippen MR) is 67.7 cm³/mol. The van der Waals surface area contributed by atoms with Crippen LogP contribution in [-0.4, -0.2) is 12.4 Å². The van der Waals surface area contributed by atoms with Crippen LogP contribution in [0.2, 0.25) is 5.02 Å². The van der Waals surface area contributed by atoms with E-state index in [0.717, 1.165) is 18.1 Å². The maximum absolute atomic E-state index is 5.84. The Morgan fingerprint density at radius 1 is 1.20 bits per heavy atom. The van der Waals surface area contributed by atoms with Crippen LogP contribution in [0.1, 0.15) is 19.4 Å². The predicted octanol–water partition coefficient (Wildman–Crippen LogP) is 3.69. The number of hydrogen-bond acceptors (Lipinski definition) is 1. The van der Waals surface area contributed by atoms with Crippen LogP contribution in [0.4, 0.5) is 0 Å². The first-order valence-electron chi connectivity index (χ1n) is 5.05. The lowest BCUT2D eigenvalue weighted by atomic mass is 9.96. The molecule has 1 aromatic carbocycles. The first kappa shape index (κ1) is 12.8. The van der Waals surface area contributed by atoms with Gasteiger partial charge in [0, 0.05) is 24.0 Å². The molecule has 3 heteroatoms. The molecule has 0 aliphatic carbocycles. The lowest BCUT2D eigenvalue weighted by Crippen LogP contribution is -2.30. The summed E-state index contributed by atoms with van der Waals surface area (Å²) < 4.78 is 0. The molecular weight excluding hydrogens is 229 g/mol. The monoisotopic (exact) mass is 245 g/mol. The second kappa shape index (κ2) is 5.74. The summed E-state index contributed by atoms with van der Waals surface area (Å²) in [5.41, 5.74) is 1.39. The average Bonchev–Trinajstić information content (AvgIpc) is 2.21. The average molecular weight is 246 g/mol. The molecule has 15 heavy (non-hydrogen) atoms. The zero-order valence-corrected chi connectivity index (χ0v) is 10.7. The van der Waals surface area contributed by atoms with Gasteiger partial charge in [0.1, 0.15) is 0 Å². The number of hydrogen-bond donors (Lipinski definition) is 1. The highest BCUT2D eigenvalue weighted by atomic mass is 35.5. The molecule has 0 heterocycles. The fourth-order valence-electron chi connectivity index (χ4n) is 1.19. The van der Waals surface area contributed by atoms with Gasteiger partial charge in [-0.2, -0.15) is 0 Å². The normalized spacial score (nSPS) is 11.7. The lowest BCUT2D eigenvalue weighted by molar-refractivity contribution is 0.385. The molecule has 0 unspecified atom stereocenters. The molecule has 0 saturated heterocycles. The second-order valence-corrected chi connectivity index (χ2v) is 5.23. The van der Waals surface area contributed by atoms with Crippen LogP contribution >= 0.6 is 23.2 Å². The summed E-state index contributed by atoms with van der Waals surface area (Å²) in [4.78, 5) is 0. The Bertz CT molecular complexity index is 293. The van der Waals surface area contributed by atoms with E-state index in [1.165, 1.54) is 5.56 Å². The van der Waals surface area contributed by atoms with E-state index < -0.39 is 0 Å². The van der Waals surface area contributed by atoms with Gasteiger partial charge in [-0.3, -0.25) is 0 Å². The molecule has 0 aliphatic heterocycles. The molecular formula is C12H17Cl2N. The van der Waals surface area contributed by atoms with Crippen molar-refractivity contribution >= 4 is 23.2 Å². The largest absolute Gasteiger partial charge is 0.312 e. The molecule has 0 aliphatic rings. The number of nitrogens with one attached hydrogen (secondary N) is 1. The van der Waals surface area contributed by atoms with E-state index in [-0.39, 0.29) is 5.41 Å². The first-order chi connectivity index (χ1) is 7.03. The van der Waals surface area contributed by atoms with Crippen molar-refractivity contribution in [1.82, 2.24) is 5.32 Å². The highest BCUT2D eigenvalue weighted by molar-refractivity contribution is 6.30. The fourth-order valence-corrected chi connectivity index (χ4v) is 1.42. The number of rotatable bonds is 5. The highest BCUT2D eigenvalue weighted by Gasteiger charge is 2.15. The van der Waals surface area contributed by atoms with Crippen molar-refractivity contribution in [2.75, 3.05) is 12.4 Å². The topological polar surface area (TPSA) is 12.0 Å². The molecule has 1 nitrogen and oxygen atoms in total. The van der Waals surface area contributed by atoms with Crippen LogP contribution < -0.4 is 5.32 Å². The van der Waals surface area contributed by atoms with Gasteiger partial charge >= 0.3 is 0 Å². The molecule has 0 radical (unpaired) electrons. The molecule has 0 bridgehead atoms. The minimum atomic E-state index is 0.147. The van der Waals surface area contributed by atoms with E-state index in [4.69, 9.17) is 23.2 Å². The Kier molecular flexibility index (Phi) is 4.91. The summed E-state index contributed by atoms with van der Waals surface area (Å²) in [5.74, 6) is 0.667. The van der Waals surface area contributed by atoms with Crippen LogP contribution in [0.3, 0.4) is 0 Å². The molecule has 84 valence electrons. The molecule has 0 fully saturated rings. The van der Waals surface area contributed by atoms with Gasteiger partial charge in [-0.1, -0.05) is 37.6 Å². The highest BCUT2D eigenvalue weighted by Crippen LogP contribution is 2.15. The Balaban J connectivity index is 2.35. The van der Waals surface area contributed by atoms with Gasteiger partial charge in [0.25, 0.3) is 0 Å². The molecule has 0 aromatic heterocycles. The van der Waals surface area contributed by atoms with Gasteiger partial charge in [0.2, 0.25) is 0 Å². The molecule has 0 saturated carbocycles. The first-order valence-corrected chi connectivity index (χ1v) is 5.96. The standard InChI is InChI=1S/C12H17Cl2N/c1-12(2,8-13)9-15-7-10-3-5-11(14)6-4-10/h3-6,15H,7-9H2,1-2H3. The van der Waals surface area contributed by atoms with Gasteiger partial charge in [-0.05, 0) is 23.1 Å². The van der Waals surface area contributed by atoms with Crippen LogP contribution in [0.25, 0.3) is 0 Å². The van der Waals surface area contributed by atoms with Crippen molar-refractivity contribution < 1.29 is 0 Å². The smallest absolute Gasteiger partial charge is 0.0406 e. The molecule has 0 spiro atoms. The third kappa shape index (κ3) is 4.87. The van der Waals surface area contributed by atoms with E-state index >= 15 is 0 Å². The molecule has 0 atom stereocenters. The van der Waals surface area contributed by atoms with Crippen LogP contribution in [0, 0.1) is 5.41 Å². The zero-order valence-electron chi connectivity index (χ0n) is 9.19. The quantitative estimate of drug-likeness (QED) is 0.781. The van der Waals surface area contributed by atoms with Crippen molar-refractivity contribution in [2.24, 2.45) is 5.41 Å². The summed E-state index contributed by atoms with van der Waals surface area (Å²) in [6.45, 7) is 6.07. The van der Waals surface area contributed by atoms with Crippen molar-refractivity contribution in [1.29, 1.82) is 0 Å². The van der Waals surface area contributed by atoms with E-state index in [1.807, 2.05) is 24.3 Å². The van der Waals surface area contributed by atoms with Gasteiger partial charge < -0.3 is 5.32 Å². The van der Waals surface area contributed by atoms with Crippen LogP contribution in [-0.2, 0) is 6.54 Å². The fraction of sp³-hybridized carbons (Fsp3) is 0.500. The Morgan fingerprint density at radius 2 is 1.80 bits per heavy atom. The Morgan fingerprint density at radius 3 is 2.33 bits per heavy atom. The summed E-state index contributed by atoms with van der Waals surface area (Å²) in [6.07, 6.45) is 0. The van der Waals surface area contributed by atoms with Crippen molar-refractivity contribution in [3.63, 3.8) is 0 Å². The minimum Gasteiger partial charge on any atom is -0.312 e. The maximum atomic E-state index is 5.84. The third-order valence-corrected chi connectivity index (χ3v) is 3.18. The SMILES string of the molecule is CC(C)(CCl)CNCc1ccc(Cl)cc1. The van der Waals surface area contributed by atoms with E-state index in [2.05, 4.69) is 19.2 Å². The molecule has 0 amide bonds. The summed E-state index contributed by atoms with van der Waals surface area (Å²) in [6, 6.07) is 7.88. The van der Waals surface area contributed by atoms with Gasteiger partial charge in [-0.25, -0.2) is 0 Å². The third-order valence-electron chi connectivity index (χ3n) is 2.21. The minimum absolute atomic E-state index is 0.147. The van der Waals surface area contributed by atoms with Crippen LogP contribution in [0.15, 0.2) is 24.3 Å². The van der Waals surface area contributed by atoms with E-state index in [1.54, 1.807) is 0 Å². The Labute approximate surface area is 102 Å². The Hall–Kier alpha value is -0.240. The van der Waals surface area contributed by atoms with Crippen LogP contribution in [0.5, 0.6) is 0 Å². The number of alkyl halides is 1. The van der Waals surface area contributed by atoms with E-state index in [0.29, 0.717) is 5.88 Å². The van der Waals surface area contributed by atoms with Gasteiger partial charge in [0.05, 0.1) is 0 Å². The molecule has 1 N–H and O–H groups in total. The van der Waals surface area contributed by atoms with Gasteiger partial charge in [-0.15, -0.1) is 11.6 Å².